The number of rotatable bonds is 7. The maximum absolute atomic E-state index is 13.0. The molecular weight excluding hydrogens is 452 g/mol. The van der Waals surface area contributed by atoms with E-state index >= 15 is 0 Å². The van der Waals surface area contributed by atoms with E-state index in [1.54, 1.807) is 43.6 Å². The third kappa shape index (κ3) is 4.46. The summed E-state index contributed by atoms with van der Waals surface area (Å²) in [5.74, 6) is 0.124. The van der Waals surface area contributed by atoms with Gasteiger partial charge in [-0.05, 0) is 48.9 Å². The van der Waals surface area contributed by atoms with Gasteiger partial charge in [0.1, 0.15) is 5.75 Å². The zero-order chi connectivity index (χ0) is 22.7. The van der Waals surface area contributed by atoms with E-state index < -0.39 is 9.84 Å². The van der Waals surface area contributed by atoms with Crippen LogP contribution < -0.4 is 10.1 Å². The van der Waals surface area contributed by atoms with Crippen LogP contribution in [0.1, 0.15) is 23.0 Å². The fourth-order valence-electron chi connectivity index (χ4n) is 3.11. The molecule has 0 bridgehead atoms. The van der Waals surface area contributed by atoms with Gasteiger partial charge in [0, 0.05) is 24.2 Å². The molecule has 4 aromatic rings. The molecule has 0 saturated heterocycles. The van der Waals surface area contributed by atoms with Gasteiger partial charge in [-0.2, -0.15) is 0 Å². The molecule has 2 heterocycles. The quantitative estimate of drug-likeness (QED) is 0.422. The van der Waals surface area contributed by atoms with Crippen LogP contribution in [0.5, 0.6) is 5.75 Å². The van der Waals surface area contributed by atoms with E-state index in [2.05, 4.69) is 10.3 Å². The van der Waals surface area contributed by atoms with Gasteiger partial charge in [0.2, 0.25) is 9.84 Å². The largest absolute Gasteiger partial charge is 0.492 e. The Labute approximate surface area is 189 Å². The van der Waals surface area contributed by atoms with Crippen molar-refractivity contribution in [2.24, 2.45) is 0 Å². The molecule has 0 aliphatic carbocycles. The van der Waals surface area contributed by atoms with E-state index in [0.717, 1.165) is 10.9 Å². The summed E-state index contributed by atoms with van der Waals surface area (Å²) in [6.07, 6.45) is 3.17. The van der Waals surface area contributed by atoms with Crippen molar-refractivity contribution in [2.75, 3.05) is 6.61 Å². The summed E-state index contributed by atoms with van der Waals surface area (Å²) in [6, 6.07) is 14.0. The summed E-state index contributed by atoms with van der Waals surface area (Å²) >= 11 is 6.06. The Bertz CT molecular complexity index is 1350. The summed E-state index contributed by atoms with van der Waals surface area (Å²) in [5.41, 5.74) is 1.27. The Hall–Kier alpha value is -3.36. The number of hydrogen-bond donors (Lipinski definition) is 1. The molecule has 164 valence electrons. The molecule has 32 heavy (non-hydrogen) atoms. The molecule has 9 heteroatoms. The first-order valence-electron chi connectivity index (χ1n) is 9.76. The zero-order valence-electron chi connectivity index (χ0n) is 17.0. The number of ether oxygens (including phenoxy) is 1. The topological polar surface area (TPSA) is 98.5 Å². The van der Waals surface area contributed by atoms with Gasteiger partial charge in [0.15, 0.2) is 11.3 Å². The van der Waals surface area contributed by atoms with E-state index in [9.17, 15) is 13.2 Å². The van der Waals surface area contributed by atoms with Crippen molar-refractivity contribution in [3.05, 3.63) is 83.3 Å². The third-order valence-corrected chi connectivity index (χ3v) is 6.83. The number of benzene rings is 2. The highest BCUT2D eigenvalue weighted by molar-refractivity contribution is 7.91. The molecule has 0 unspecified atom stereocenters. The number of nitrogens with zero attached hydrogens (tertiary/aromatic N) is 1. The Morgan fingerprint density at radius 2 is 1.84 bits per heavy atom. The van der Waals surface area contributed by atoms with Crippen molar-refractivity contribution >= 4 is 38.3 Å². The highest BCUT2D eigenvalue weighted by Crippen LogP contribution is 2.30. The van der Waals surface area contributed by atoms with Crippen molar-refractivity contribution in [1.29, 1.82) is 0 Å². The van der Waals surface area contributed by atoms with Crippen molar-refractivity contribution in [1.82, 2.24) is 10.3 Å². The number of amides is 1. The van der Waals surface area contributed by atoms with Crippen molar-refractivity contribution in [3.8, 4) is 5.75 Å². The predicted octanol–water partition coefficient (Wildman–Crippen LogP) is 4.64. The Morgan fingerprint density at radius 3 is 2.56 bits per heavy atom. The minimum Gasteiger partial charge on any atom is -0.492 e. The maximum atomic E-state index is 13.0. The lowest BCUT2D eigenvalue weighted by molar-refractivity contribution is 0.0925. The van der Waals surface area contributed by atoms with Gasteiger partial charge >= 0.3 is 0 Å². The van der Waals surface area contributed by atoms with E-state index in [0.29, 0.717) is 23.0 Å². The molecule has 0 atom stereocenters. The maximum Gasteiger partial charge on any atom is 0.287 e. The minimum absolute atomic E-state index is 0.0887. The number of fused-ring (bicyclic) bond motifs is 1. The van der Waals surface area contributed by atoms with Crippen LogP contribution in [-0.2, 0) is 16.4 Å². The van der Waals surface area contributed by atoms with Crippen LogP contribution >= 0.6 is 11.6 Å². The summed E-state index contributed by atoms with van der Waals surface area (Å²) in [7, 11) is -3.75. The van der Waals surface area contributed by atoms with Crippen LogP contribution in [-0.4, -0.2) is 25.9 Å². The van der Waals surface area contributed by atoms with Gasteiger partial charge in [-0.3, -0.25) is 9.78 Å². The van der Waals surface area contributed by atoms with Gasteiger partial charge in [0.05, 0.1) is 27.6 Å². The van der Waals surface area contributed by atoms with Crippen molar-refractivity contribution in [2.45, 2.75) is 23.3 Å². The molecule has 2 aromatic heterocycles. The SMILES string of the molecule is CCOc1cc(S(=O)(=O)c2ccc(CNC(=O)c3cc4ccncc4o3)cc2)ccc1Cl. The molecule has 1 N–H and O–H groups in total. The molecule has 1 amide bonds. The third-order valence-electron chi connectivity index (χ3n) is 4.75. The van der Waals surface area contributed by atoms with Gasteiger partial charge in [0.25, 0.3) is 5.91 Å². The fraction of sp³-hybridized carbons (Fsp3) is 0.130. The number of aromatic nitrogens is 1. The first kappa shape index (κ1) is 21.9. The molecule has 0 fully saturated rings. The molecule has 4 rings (SSSR count). The first-order valence-corrected chi connectivity index (χ1v) is 11.6. The normalized spacial score (nSPS) is 11.4. The average molecular weight is 471 g/mol. The van der Waals surface area contributed by atoms with Crippen LogP contribution in [0.15, 0.2) is 81.2 Å². The Morgan fingerprint density at radius 1 is 1.09 bits per heavy atom. The Kier molecular flexibility index (Phi) is 6.16. The summed E-state index contributed by atoms with van der Waals surface area (Å²) in [4.78, 5) is 16.5. The molecule has 0 spiro atoms. The molecular formula is C23H19ClN2O5S. The van der Waals surface area contributed by atoms with Crippen molar-refractivity contribution < 1.29 is 22.4 Å². The van der Waals surface area contributed by atoms with Crippen LogP contribution in [0.2, 0.25) is 5.02 Å². The number of carbonyl (C=O) groups excluding carboxylic acids is 1. The summed E-state index contributed by atoms with van der Waals surface area (Å²) < 4.78 is 36.8. The highest BCUT2D eigenvalue weighted by Gasteiger charge is 2.19. The number of carbonyl (C=O) groups is 1. The van der Waals surface area contributed by atoms with Crippen LogP contribution in [0, 0.1) is 0 Å². The second kappa shape index (κ2) is 9.02. The van der Waals surface area contributed by atoms with Gasteiger partial charge in [-0.15, -0.1) is 0 Å². The van der Waals surface area contributed by atoms with Crippen LogP contribution in [0.4, 0.5) is 0 Å². The lowest BCUT2D eigenvalue weighted by Crippen LogP contribution is -2.22. The smallest absolute Gasteiger partial charge is 0.287 e. The van der Waals surface area contributed by atoms with E-state index in [-0.39, 0.29) is 28.0 Å². The molecule has 7 nitrogen and oxygen atoms in total. The second-order valence-corrected chi connectivity index (χ2v) is 9.24. The van der Waals surface area contributed by atoms with Gasteiger partial charge < -0.3 is 14.5 Å². The number of furan rings is 1. The summed E-state index contributed by atoms with van der Waals surface area (Å²) in [6.45, 7) is 2.37. The van der Waals surface area contributed by atoms with E-state index in [1.807, 2.05) is 0 Å². The molecule has 0 aliphatic rings. The fourth-order valence-corrected chi connectivity index (χ4v) is 4.55. The molecule has 0 aliphatic heterocycles. The lowest BCUT2D eigenvalue weighted by Gasteiger charge is -2.10. The number of nitrogens with one attached hydrogen (secondary N) is 1. The number of pyridine rings is 1. The van der Waals surface area contributed by atoms with Gasteiger partial charge in [-0.25, -0.2) is 8.42 Å². The highest BCUT2D eigenvalue weighted by atomic mass is 35.5. The van der Waals surface area contributed by atoms with Crippen LogP contribution in [0.3, 0.4) is 0 Å². The van der Waals surface area contributed by atoms with E-state index in [1.165, 1.54) is 30.3 Å². The molecule has 0 radical (unpaired) electrons. The summed E-state index contributed by atoms with van der Waals surface area (Å²) in [5, 5.41) is 3.89. The average Bonchev–Trinajstić information content (AvgIpc) is 3.24. The van der Waals surface area contributed by atoms with E-state index in [4.69, 9.17) is 20.8 Å². The number of hydrogen-bond acceptors (Lipinski definition) is 6. The lowest BCUT2D eigenvalue weighted by atomic mass is 10.2. The molecule has 2 aromatic carbocycles. The number of halogens is 1. The zero-order valence-corrected chi connectivity index (χ0v) is 18.6. The second-order valence-electron chi connectivity index (χ2n) is 6.88. The van der Waals surface area contributed by atoms with Crippen LogP contribution in [0.25, 0.3) is 11.0 Å². The predicted molar refractivity (Wildman–Crippen MR) is 120 cm³/mol. The number of sulfone groups is 1. The Balaban J connectivity index is 1.46. The van der Waals surface area contributed by atoms with Gasteiger partial charge in [-0.1, -0.05) is 23.7 Å². The molecule has 0 saturated carbocycles. The van der Waals surface area contributed by atoms with Crippen molar-refractivity contribution in [3.63, 3.8) is 0 Å². The standard InChI is InChI=1S/C23H19ClN2O5S/c1-2-30-20-12-18(7-8-19(20)24)32(28,29)17-5-3-15(4-6-17)13-26-23(27)21-11-16-9-10-25-14-22(16)31-21/h3-12,14H,2,13H2,1H3,(H,26,27). The minimum atomic E-state index is -3.75. The first-order chi connectivity index (χ1) is 15.4. The monoisotopic (exact) mass is 470 g/mol.